The fourth-order valence-electron chi connectivity index (χ4n) is 3.00. The van der Waals surface area contributed by atoms with Gasteiger partial charge >= 0.3 is 5.97 Å². The van der Waals surface area contributed by atoms with Gasteiger partial charge in [-0.25, -0.2) is 14.8 Å². The van der Waals surface area contributed by atoms with Crippen LogP contribution in [0.1, 0.15) is 29.1 Å². The van der Waals surface area contributed by atoms with Crippen molar-refractivity contribution in [1.82, 2.24) is 15.0 Å². The summed E-state index contributed by atoms with van der Waals surface area (Å²) >= 11 is 1.33. The number of pyridine rings is 1. The van der Waals surface area contributed by atoms with Crippen LogP contribution in [0.15, 0.2) is 42.9 Å². The maximum atomic E-state index is 12.5. The van der Waals surface area contributed by atoms with Crippen LogP contribution >= 0.6 is 11.3 Å². The number of aryl methyl sites for hydroxylation is 1. The Labute approximate surface area is 166 Å². The summed E-state index contributed by atoms with van der Waals surface area (Å²) in [5.41, 5.74) is 2.54. The number of esters is 1. The molecular weight excluding hydrogens is 372 g/mol. The predicted molar refractivity (Wildman–Crippen MR) is 112 cm³/mol. The number of rotatable bonds is 5. The highest BCUT2D eigenvalue weighted by Crippen LogP contribution is 2.35. The van der Waals surface area contributed by atoms with Gasteiger partial charge in [0.1, 0.15) is 21.9 Å². The van der Waals surface area contributed by atoms with Gasteiger partial charge in [0.2, 0.25) is 0 Å². The number of nitrogens with zero attached hydrogens (tertiary/aromatic N) is 3. The minimum Gasteiger partial charge on any atom is -0.461 e. The monoisotopic (exact) mass is 392 g/mol. The molecule has 0 bridgehead atoms. The molecule has 0 radical (unpaired) electrons. The van der Waals surface area contributed by atoms with Crippen molar-refractivity contribution in [2.75, 3.05) is 11.9 Å². The van der Waals surface area contributed by atoms with Gasteiger partial charge in [-0.2, -0.15) is 0 Å². The Balaban J connectivity index is 1.75. The first kappa shape index (κ1) is 18.3. The van der Waals surface area contributed by atoms with Gasteiger partial charge in [-0.1, -0.05) is 32.0 Å². The van der Waals surface area contributed by atoms with Crippen LogP contribution in [-0.2, 0) is 4.74 Å². The fraction of sp³-hybridized carbons (Fsp3) is 0.238. The molecule has 6 nitrogen and oxygen atoms in total. The maximum Gasteiger partial charge on any atom is 0.348 e. The minimum atomic E-state index is -0.313. The third-order valence-corrected chi connectivity index (χ3v) is 5.53. The van der Waals surface area contributed by atoms with Crippen LogP contribution in [0.4, 0.5) is 11.5 Å². The molecule has 7 heteroatoms. The summed E-state index contributed by atoms with van der Waals surface area (Å²) in [6.07, 6.45) is 3.27. The first-order valence-corrected chi connectivity index (χ1v) is 9.88. The SMILES string of the molecule is Cc1c(C(=O)OCC(C)C)sc2ncnc(Nc3cccc4cccnc34)c12. The lowest BCUT2D eigenvalue weighted by Gasteiger charge is -2.10. The number of aromatic nitrogens is 3. The zero-order valence-corrected chi connectivity index (χ0v) is 16.7. The Hall–Kier alpha value is -3.06. The van der Waals surface area contributed by atoms with E-state index in [-0.39, 0.29) is 11.9 Å². The predicted octanol–water partition coefficient (Wildman–Crippen LogP) is 5.10. The number of carbonyl (C=O) groups is 1. The van der Waals surface area contributed by atoms with E-state index in [1.54, 1.807) is 6.20 Å². The first-order chi connectivity index (χ1) is 13.5. The van der Waals surface area contributed by atoms with Crippen LogP contribution in [0, 0.1) is 12.8 Å². The van der Waals surface area contributed by atoms with E-state index in [1.165, 1.54) is 17.7 Å². The van der Waals surface area contributed by atoms with Crippen LogP contribution in [0.25, 0.3) is 21.1 Å². The number of hydrogen-bond donors (Lipinski definition) is 1. The van der Waals surface area contributed by atoms with Crippen molar-refractivity contribution < 1.29 is 9.53 Å². The molecule has 0 unspecified atom stereocenters. The standard InChI is InChI=1S/C21H20N4O2S/c1-12(2)10-27-21(26)18-13(3)16-19(23-11-24-20(16)28-18)25-15-8-4-6-14-7-5-9-22-17(14)15/h4-9,11-12H,10H2,1-3H3,(H,23,24,25). The van der Waals surface area contributed by atoms with E-state index < -0.39 is 0 Å². The Bertz CT molecular complexity index is 1160. The lowest BCUT2D eigenvalue weighted by atomic mass is 10.1. The second-order valence-corrected chi connectivity index (χ2v) is 7.96. The Morgan fingerprint density at radius 3 is 2.82 bits per heavy atom. The molecule has 0 atom stereocenters. The van der Waals surface area contributed by atoms with E-state index >= 15 is 0 Å². The molecule has 0 saturated heterocycles. The van der Waals surface area contributed by atoms with E-state index in [4.69, 9.17) is 4.74 Å². The molecule has 142 valence electrons. The normalized spacial score (nSPS) is 11.3. The van der Waals surface area contributed by atoms with Crippen molar-refractivity contribution >= 4 is 49.9 Å². The molecule has 0 aliphatic carbocycles. The third-order valence-electron chi connectivity index (χ3n) is 4.35. The van der Waals surface area contributed by atoms with Gasteiger partial charge in [0.15, 0.2) is 0 Å². The molecule has 4 rings (SSSR count). The van der Waals surface area contributed by atoms with Crippen molar-refractivity contribution in [3.05, 3.63) is 53.3 Å². The molecule has 0 aliphatic heterocycles. The smallest absolute Gasteiger partial charge is 0.348 e. The van der Waals surface area contributed by atoms with Crippen LogP contribution in [0.2, 0.25) is 0 Å². The number of ether oxygens (including phenoxy) is 1. The van der Waals surface area contributed by atoms with E-state index in [2.05, 4.69) is 20.3 Å². The Morgan fingerprint density at radius 1 is 1.18 bits per heavy atom. The van der Waals surface area contributed by atoms with Gasteiger partial charge in [-0.3, -0.25) is 4.98 Å². The van der Waals surface area contributed by atoms with E-state index in [0.717, 1.165) is 32.4 Å². The zero-order valence-electron chi connectivity index (χ0n) is 15.9. The molecule has 0 amide bonds. The van der Waals surface area contributed by atoms with E-state index in [1.807, 2.05) is 51.1 Å². The average Bonchev–Trinajstić information content (AvgIpc) is 3.04. The van der Waals surface area contributed by atoms with Crippen LogP contribution in [0.5, 0.6) is 0 Å². The van der Waals surface area contributed by atoms with Crippen molar-refractivity contribution in [3.8, 4) is 0 Å². The summed E-state index contributed by atoms with van der Waals surface area (Å²) in [5.74, 6) is 0.626. The van der Waals surface area contributed by atoms with Gasteiger partial charge in [0.25, 0.3) is 0 Å². The fourth-order valence-corrected chi connectivity index (χ4v) is 4.04. The van der Waals surface area contributed by atoms with Crippen LogP contribution in [0.3, 0.4) is 0 Å². The molecule has 28 heavy (non-hydrogen) atoms. The average molecular weight is 392 g/mol. The highest BCUT2D eigenvalue weighted by molar-refractivity contribution is 7.20. The van der Waals surface area contributed by atoms with E-state index in [9.17, 15) is 4.79 Å². The molecule has 0 fully saturated rings. The van der Waals surface area contributed by atoms with Gasteiger partial charge in [-0.05, 0) is 30.5 Å². The topological polar surface area (TPSA) is 77.0 Å². The highest BCUT2D eigenvalue weighted by atomic mass is 32.1. The summed E-state index contributed by atoms with van der Waals surface area (Å²) in [4.78, 5) is 27.1. The maximum absolute atomic E-state index is 12.5. The highest BCUT2D eigenvalue weighted by Gasteiger charge is 2.21. The quantitative estimate of drug-likeness (QED) is 0.476. The summed E-state index contributed by atoms with van der Waals surface area (Å²) in [6.45, 7) is 6.32. The van der Waals surface area contributed by atoms with Gasteiger partial charge in [0.05, 0.1) is 23.2 Å². The summed E-state index contributed by atoms with van der Waals surface area (Å²) < 4.78 is 5.41. The zero-order chi connectivity index (χ0) is 19.7. The summed E-state index contributed by atoms with van der Waals surface area (Å²) in [6, 6.07) is 9.87. The largest absolute Gasteiger partial charge is 0.461 e. The molecule has 1 N–H and O–H groups in total. The Morgan fingerprint density at radius 2 is 2.00 bits per heavy atom. The van der Waals surface area contributed by atoms with Gasteiger partial charge < -0.3 is 10.1 Å². The van der Waals surface area contributed by atoms with Crippen LogP contribution < -0.4 is 5.32 Å². The van der Waals surface area contributed by atoms with Crippen molar-refractivity contribution in [2.45, 2.75) is 20.8 Å². The molecule has 3 heterocycles. The second kappa shape index (κ2) is 7.52. The van der Waals surface area contributed by atoms with Gasteiger partial charge in [-0.15, -0.1) is 11.3 Å². The number of anilines is 2. The lowest BCUT2D eigenvalue weighted by molar-refractivity contribution is 0.0464. The molecule has 0 aliphatic rings. The number of nitrogens with one attached hydrogen (secondary N) is 1. The minimum absolute atomic E-state index is 0.287. The molecule has 0 saturated carbocycles. The van der Waals surface area contributed by atoms with E-state index in [0.29, 0.717) is 17.3 Å². The molecule has 4 aromatic rings. The van der Waals surface area contributed by atoms with Crippen molar-refractivity contribution in [2.24, 2.45) is 5.92 Å². The number of hydrogen-bond acceptors (Lipinski definition) is 7. The Kier molecular flexibility index (Phi) is 4.92. The summed E-state index contributed by atoms with van der Waals surface area (Å²) in [7, 11) is 0. The molecular formula is C21H20N4O2S. The summed E-state index contributed by atoms with van der Waals surface area (Å²) in [5, 5.41) is 5.24. The number of benzene rings is 1. The first-order valence-electron chi connectivity index (χ1n) is 9.06. The number of carbonyl (C=O) groups excluding carboxylic acids is 1. The number of para-hydroxylation sites is 1. The van der Waals surface area contributed by atoms with Crippen LogP contribution in [-0.4, -0.2) is 27.5 Å². The van der Waals surface area contributed by atoms with Crippen molar-refractivity contribution in [1.29, 1.82) is 0 Å². The molecule has 3 aromatic heterocycles. The molecule has 1 aromatic carbocycles. The second-order valence-electron chi connectivity index (χ2n) is 6.96. The number of fused-ring (bicyclic) bond motifs is 2. The molecule has 0 spiro atoms. The van der Waals surface area contributed by atoms with Gasteiger partial charge in [0, 0.05) is 11.6 Å². The lowest BCUT2D eigenvalue weighted by Crippen LogP contribution is -2.09. The number of thiophene rings is 1. The third kappa shape index (κ3) is 3.41. The van der Waals surface area contributed by atoms with Crippen molar-refractivity contribution in [3.63, 3.8) is 0 Å².